The number of carbonyl (C=O) groups is 1. The van der Waals surface area contributed by atoms with Crippen LogP contribution in [0.2, 0.25) is 0 Å². The highest BCUT2D eigenvalue weighted by atomic mass is 16.5. The van der Waals surface area contributed by atoms with Crippen molar-refractivity contribution in [1.82, 2.24) is 0 Å². The predicted octanol–water partition coefficient (Wildman–Crippen LogP) is 3.35. The van der Waals surface area contributed by atoms with Crippen molar-refractivity contribution < 1.29 is 14.3 Å². The second-order valence-electron chi connectivity index (χ2n) is 4.56. The van der Waals surface area contributed by atoms with Crippen molar-refractivity contribution >= 4 is 11.9 Å². The van der Waals surface area contributed by atoms with Gasteiger partial charge < -0.3 is 9.47 Å². The molecule has 0 saturated carbocycles. The van der Waals surface area contributed by atoms with Crippen molar-refractivity contribution in [3.63, 3.8) is 0 Å². The molecule has 0 bridgehead atoms. The highest BCUT2D eigenvalue weighted by Gasteiger charge is 2.22. The average molecular weight is 266 g/mol. The minimum absolute atomic E-state index is 0.0228. The van der Waals surface area contributed by atoms with E-state index in [1.807, 2.05) is 48.5 Å². The Morgan fingerprint density at radius 2 is 2.00 bits per heavy atom. The highest BCUT2D eigenvalue weighted by molar-refractivity contribution is 6.14. The van der Waals surface area contributed by atoms with E-state index in [1.54, 1.807) is 13.2 Å². The van der Waals surface area contributed by atoms with E-state index < -0.39 is 0 Å². The van der Waals surface area contributed by atoms with E-state index in [-0.39, 0.29) is 5.78 Å². The Hall–Kier alpha value is -2.55. The van der Waals surface area contributed by atoms with Crippen LogP contribution in [0, 0.1) is 0 Å². The second-order valence-corrected chi connectivity index (χ2v) is 4.56. The van der Waals surface area contributed by atoms with Crippen LogP contribution in [0.25, 0.3) is 6.08 Å². The van der Waals surface area contributed by atoms with Crippen LogP contribution in [0.4, 0.5) is 0 Å². The van der Waals surface area contributed by atoms with Crippen LogP contribution >= 0.6 is 0 Å². The topological polar surface area (TPSA) is 35.5 Å². The standard InChI is InChI=1S/C17H14O3/c1-19-14-6-4-5-12(10-14)9-13-11-20-16-8-3-2-7-15(16)17(13)18/h2-10H,11H2,1H3/b13-9-. The summed E-state index contributed by atoms with van der Waals surface area (Å²) in [5, 5.41) is 0. The minimum atomic E-state index is 0.0228. The van der Waals surface area contributed by atoms with Gasteiger partial charge in [0, 0.05) is 5.57 Å². The van der Waals surface area contributed by atoms with E-state index in [4.69, 9.17) is 9.47 Å². The molecule has 100 valence electrons. The molecular weight excluding hydrogens is 252 g/mol. The van der Waals surface area contributed by atoms with Crippen LogP contribution in [0.15, 0.2) is 54.1 Å². The molecule has 1 aliphatic rings. The summed E-state index contributed by atoms with van der Waals surface area (Å²) >= 11 is 0. The summed E-state index contributed by atoms with van der Waals surface area (Å²) in [5.74, 6) is 1.44. The Morgan fingerprint density at radius 1 is 1.15 bits per heavy atom. The molecule has 0 atom stereocenters. The van der Waals surface area contributed by atoms with Gasteiger partial charge >= 0.3 is 0 Å². The molecule has 0 spiro atoms. The maximum Gasteiger partial charge on any atom is 0.196 e. The zero-order chi connectivity index (χ0) is 13.9. The first-order valence-electron chi connectivity index (χ1n) is 6.39. The van der Waals surface area contributed by atoms with Gasteiger partial charge in [0.15, 0.2) is 5.78 Å². The van der Waals surface area contributed by atoms with Gasteiger partial charge in [-0.25, -0.2) is 0 Å². The lowest BCUT2D eigenvalue weighted by Crippen LogP contribution is -2.18. The number of benzene rings is 2. The number of methoxy groups -OCH3 is 1. The molecule has 2 aromatic carbocycles. The Labute approximate surface area is 117 Å². The lowest BCUT2D eigenvalue weighted by Gasteiger charge is -2.18. The summed E-state index contributed by atoms with van der Waals surface area (Å²) in [7, 11) is 1.62. The number of Topliss-reactive ketones (excluding diaryl/α,β-unsaturated/α-hetero) is 1. The third-order valence-corrected chi connectivity index (χ3v) is 3.24. The van der Waals surface area contributed by atoms with Crippen molar-refractivity contribution in [2.24, 2.45) is 0 Å². The fourth-order valence-electron chi connectivity index (χ4n) is 2.21. The molecule has 0 unspecified atom stereocenters. The smallest absolute Gasteiger partial charge is 0.196 e. The highest BCUT2D eigenvalue weighted by Crippen LogP contribution is 2.27. The monoisotopic (exact) mass is 266 g/mol. The van der Waals surface area contributed by atoms with Gasteiger partial charge in [0.1, 0.15) is 18.1 Å². The van der Waals surface area contributed by atoms with Crippen LogP contribution < -0.4 is 9.47 Å². The zero-order valence-corrected chi connectivity index (χ0v) is 11.1. The molecule has 0 radical (unpaired) electrons. The lowest BCUT2D eigenvalue weighted by atomic mass is 9.98. The number of ether oxygens (including phenoxy) is 2. The third kappa shape index (κ3) is 2.30. The van der Waals surface area contributed by atoms with Crippen LogP contribution in [-0.4, -0.2) is 19.5 Å². The first-order chi connectivity index (χ1) is 9.78. The van der Waals surface area contributed by atoms with Gasteiger partial charge in [0.2, 0.25) is 0 Å². The van der Waals surface area contributed by atoms with Gasteiger partial charge in [0.25, 0.3) is 0 Å². The Balaban J connectivity index is 1.95. The van der Waals surface area contributed by atoms with Gasteiger partial charge in [-0.05, 0) is 35.9 Å². The molecule has 0 saturated heterocycles. The summed E-state index contributed by atoms with van der Waals surface area (Å²) in [6, 6.07) is 14.9. The van der Waals surface area contributed by atoms with Crippen LogP contribution in [-0.2, 0) is 0 Å². The van der Waals surface area contributed by atoms with Crippen molar-refractivity contribution in [3.8, 4) is 11.5 Å². The SMILES string of the molecule is COc1cccc(/C=C2/COc3ccccc3C2=O)c1. The molecule has 3 heteroatoms. The number of fused-ring (bicyclic) bond motifs is 1. The molecule has 3 rings (SSSR count). The summed E-state index contributed by atoms with van der Waals surface area (Å²) in [6.45, 7) is 0.299. The third-order valence-electron chi connectivity index (χ3n) is 3.24. The Morgan fingerprint density at radius 3 is 2.85 bits per heavy atom. The first-order valence-corrected chi connectivity index (χ1v) is 6.39. The van der Waals surface area contributed by atoms with E-state index in [0.717, 1.165) is 11.3 Å². The van der Waals surface area contributed by atoms with Crippen molar-refractivity contribution in [2.45, 2.75) is 0 Å². The number of ketones is 1. The Kier molecular flexibility index (Phi) is 3.25. The zero-order valence-electron chi connectivity index (χ0n) is 11.1. The first kappa shape index (κ1) is 12.5. The number of hydrogen-bond donors (Lipinski definition) is 0. The van der Waals surface area contributed by atoms with E-state index in [0.29, 0.717) is 23.5 Å². The molecule has 0 fully saturated rings. The van der Waals surface area contributed by atoms with E-state index in [1.165, 1.54) is 0 Å². The number of para-hydroxylation sites is 1. The molecule has 0 amide bonds. The molecule has 0 N–H and O–H groups in total. The normalized spacial score (nSPS) is 15.7. The van der Waals surface area contributed by atoms with Crippen LogP contribution in [0.3, 0.4) is 0 Å². The van der Waals surface area contributed by atoms with E-state index >= 15 is 0 Å². The maximum absolute atomic E-state index is 12.4. The van der Waals surface area contributed by atoms with Crippen molar-refractivity contribution in [1.29, 1.82) is 0 Å². The average Bonchev–Trinajstić information content (AvgIpc) is 2.50. The van der Waals surface area contributed by atoms with E-state index in [9.17, 15) is 4.79 Å². The quantitative estimate of drug-likeness (QED) is 0.782. The summed E-state index contributed by atoms with van der Waals surface area (Å²) in [4.78, 5) is 12.4. The Bertz CT molecular complexity index is 686. The molecule has 2 aromatic rings. The second kappa shape index (κ2) is 5.21. The molecule has 3 nitrogen and oxygen atoms in total. The molecule has 1 aliphatic heterocycles. The summed E-state index contributed by atoms with van der Waals surface area (Å²) in [5.41, 5.74) is 2.19. The fourth-order valence-corrected chi connectivity index (χ4v) is 2.21. The molecule has 0 aromatic heterocycles. The molecule has 0 aliphatic carbocycles. The van der Waals surface area contributed by atoms with Gasteiger partial charge in [-0.2, -0.15) is 0 Å². The van der Waals surface area contributed by atoms with Crippen molar-refractivity contribution in [2.75, 3.05) is 13.7 Å². The number of hydrogen-bond acceptors (Lipinski definition) is 3. The molecular formula is C17H14O3. The molecule has 20 heavy (non-hydrogen) atoms. The largest absolute Gasteiger partial charge is 0.497 e. The van der Waals surface area contributed by atoms with Crippen LogP contribution in [0.1, 0.15) is 15.9 Å². The summed E-state index contributed by atoms with van der Waals surface area (Å²) < 4.78 is 10.8. The van der Waals surface area contributed by atoms with Gasteiger partial charge in [-0.1, -0.05) is 24.3 Å². The van der Waals surface area contributed by atoms with E-state index in [2.05, 4.69) is 0 Å². The van der Waals surface area contributed by atoms with Gasteiger partial charge in [0.05, 0.1) is 12.7 Å². The number of rotatable bonds is 2. The number of carbonyl (C=O) groups excluding carboxylic acids is 1. The van der Waals surface area contributed by atoms with Crippen molar-refractivity contribution in [3.05, 3.63) is 65.2 Å². The fraction of sp³-hybridized carbons (Fsp3) is 0.118. The lowest BCUT2D eigenvalue weighted by molar-refractivity contribution is 0.100. The maximum atomic E-state index is 12.4. The predicted molar refractivity (Wildman–Crippen MR) is 77.2 cm³/mol. The van der Waals surface area contributed by atoms with Gasteiger partial charge in [-0.15, -0.1) is 0 Å². The summed E-state index contributed by atoms with van der Waals surface area (Å²) in [6.07, 6.45) is 1.85. The van der Waals surface area contributed by atoms with Crippen LogP contribution in [0.5, 0.6) is 11.5 Å². The minimum Gasteiger partial charge on any atom is -0.497 e. The van der Waals surface area contributed by atoms with Gasteiger partial charge in [-0.3, -0.25) is 4.79 Å². The molecule has 1 heterocycles.